The number of carbonyl (C=O) groups excluding carboxylic acids is 1. The molecule has 2 rings (SSSR count). The third-order valence-electron chi connectivity index (χ3n) is 3.52. The largest absolute Gasteiger partial charge is 0.508 e. The van der Waals surface area contributed by atoms with Gasteiger partial charge in [0.15, 0.2) is 5.78 Å². The Balaban J connectivity index is 1.80. The summed E-state index contributed by atoms with van der Waals surface area (Å²) in [6.45, 7) is 2.06. The number of ketones is 1. The lowest BCUT2D eigenvalue weighted by Gasteiger charge is -2.05. The minimum atomic E-state index is -0.154. The number of hydrogen-bond acceptors (Lipinski definition) is 3. The highest BCUT2D eigenvalue weighted by molar-refractivity contribution is 5.98. The minimum absolute atomic E-state index is 0.0385. The molecule has 0 radical (unpaired) electrons. The lowest BCUT2D eigenvalue weighted by Crippen LogP contribution is -1.99. The van der Waals surface area contributed by atoms with Crippen molar-refractivity contribution in [2.24, 2.45) is 0 Å². The predicted molar refractivity (Wildman–Crippen MR) is 82.8 cm³/mol. The first-order chi connectivity index (χ1) is 10.1. The summed E-state index contributed by atoms with van der Waals surface area (Å²) in [5, 5.41) is 18.8. The van der Waals surface area contributed by atoms with Crippen LogP contribution in [-0.4, -0.2) is 16.0 Å². The molecule has 0 aliphatic carbocycles. The molecule has 0 aliphatic rings. The first kappa shape index (κ1) is 15.1. The van der Waals surface area contributed by atoms with Gasteiger partial charge in [-0.3, -0.25) is 4.79 Å². The molecule has 0 aliphatic heterocycles. The van der Waals surface area contributed by atoms with Gasteiger partial charge in [0.2, 0.25) is 0 Å². The Bertz CT molecular complexity index is 615. The number of phenols is 2. The summed E-state index contributed by atoms with van der Waals surface area (Å²) in [4.78, 5) is 12.0. The van der Waals surface area contributed by atoms with Crippen molar-refractivity contribution in [3.05, 3.63) is 59.2 Å². The van der Waals surface area contributed by atoms with Crippen LogP contribution in [0.5, 0.6) is 11.5 Å². The topological polar surface area (TPSA) is 57.5 Å². The Labute approximate surface area is 124 Å². The van der Waals surface area contributed by atoms with Crippen LogP contribution < -0.4 is 0 Å². The van der Waals surface area contributed by atoms with Crippen LogP contribution in [-0.2, 0) is 6.42 Å². The third kappa shape index (κ3) is 4.35. The molecule has 0 saturated heterocycles. The van der Waals surface area contributed by atoms with Gasteiger partial charge in [0.25, 0.3) is 0 Å². The second-order valence-corrected chi connectivity index (χ2v) is 5.32. The van der Waals surface area contributed by atoms with Gasteiger partial charge in [-0.1, -0.05) is 29.8 Å². The lowest BCUT2D eigenvalue weighted by molar-refractivity contribution is 0.0977. The average Bonchev–Trinajstić information content (AvgIpc) is 2.45. The van der Waals surface area contributed by atoms with E-state index in [-0.39, 0.29) is 22.8 Å². The summed E-state index contributed by atoms with van der Waals surface area (Å²) >= 11 is 0. The molecule has 2 aromatic carbocycles. The van der Waals surface area contributed by atoms with Crippen LogP contribution in [0.15, 0.2) is 42.5 Å². The van der Waals surface area contributed by atoms with Crippen LogP contribution in [0.1, 0.15) is 40.7 Å². The Morgan fingerprint density at radius 1 is 1.00 bits per heavy atom. The Morgan fingerprint density at radius 2 is 1.71 bits per heavy atom. The molecule has 21 heavy (non-hydrogen) atoms. The molecule has 0 saturated carbocycles. The highest BCUT2D eigenvalue weighted by atomic mass is 16.3. The van der Waals surface area contributed by atoms with E-state index in [2.05, 4.69) is 31.2 Å². The van der Waals surface area contributed by atoms with Crippen molar-refractivity contribution in [1.82, 2.24) is 0 Å². The smallest absolute Gasteiger partial charge is 0.166 e. The first-order valence-electron chi connectivity index (χ1n) is 7.17. The Morgan fingerprint density at radius 3 is 2.38 bits per heavy atom. The van der Waals surface area contributed by atoms with Crippen LogP contribution >= 0.6 is 0 Å². The van der Waals surface area contributed by atoms with E-state index < -0.39 is 0 Å². The fourth-order valence-electron chi connectivity index (χ4n) is 2.26. The lowest BCUT2D eigenvalue weighted by atomic mass is 10.0. The number of benzene rings is 2. The SMILES string of the molecule is Cc1ccc(CCCCC(=O)c2ccc(O)cc2O)cc1. The molecule has 110 valence electrons. The monoisotopic (exact) mass is 284 g/mol. The van der Waals surface area contributed by atoms with Gasteiger partial charge in [-0.25, -0.2) is 0 Å². The van der Waals surface area contributed by atoms with E-state index in [9.17, 15) is 15.0 Å². The van der Waals surface area contributed by atoms with E-state index in [4.69, 9.17) is 0 Å². The van der Waals surface area contributed by atoms with Gasteiger partial charge < -0.3 is 10.2 Å². The van der Waals surface area contributed by atoms with Crippen LogP contribution in [0.4, 0.5) is 0 Å². The number of phenolic OH excluding ortho intramolecular Hbond substituents is 2. The maximum atomic E-state index is 12.0. The molecule has 3 nitrogen and oxygen atoms in total. The van der Waals surface area contributed by atoms with Crippen molar-refractivity contribution in [3.63, 3.8) is 0 Å². The summed E-state index contributed by atoms with van der Waals surface area (Å²) in [7, 11) is 0. The summed E-state index contributed by atoms with van der Waals surface area (Å²) in [5.41, 5.74) is 2.81. The van der Waals surface area contributed by atoms with Crippen LogP contribution in [0.25, 0.3) is 0 Å². The molecule has 2 aromatic rings. The standard InChI is InChI=1S/C18H20O3/c1-13-6-8-14(9-7-13)4-2-3-5-17(20)16-11-10-15(19)12-18(16)21/h6-12,19,21H,2-5H2,1H3. The summed E-state index contributed by atoms with van der Waals surface area (Å²) in [6, 6.07) is 12.5. The Kier molecular flexibility index (Phi) is 4.99. The van der Waals surface area contributed by atoms with Gasteiger partial charge >= 0.3 is 0 Å². The Hall–Kier alpha value is -2.29. The molecule has 2 N–H and O–H groups in total. The number of unbranched alkanes of at least 4 members (excludes halogenated alkanes) is 1. The number of aromatic hydroxyl groups is 2. The third-order valence-corrected chi connectivity index (χ3v) is 3.52. The van der Waals surface area contributed by atoms with E-state index in [1.54, 1.807) is 0 Å². The molecular formula is C18H20O3. The maximum absolute atomic E-state index is 12.0. The van der Waals surface area contributed by atoms with Crippen molar-refractivity contribution in [1.29, 1.82) is 0 Å². The fraction of sp³-hybridized carbons (Fsp3) is 0.278. The molecule has 0 aromatic heterocycles. The van der Waals surface area contributed by atoms with E-state index in [1.807, 2.05) is 0 Å². The first-order valence-corrected chi connectivity index (χ1v) is 7.17. The van der Waals surface area contributed by atoms with Gasteiger partial charge in [0.1, 0.15) is 11.5 Å². The number of aryl methyl sites for hydroxylation is 2. The van der Waals surface area contributed by atoms with E-state index in [1.165, 1.54) is 29.3 Å². The van der Waals surface area contributed by atoms with Gasteiger partial charge in [-0.15, -0.1) is 0 Å². The zero-order valence-corrected chi connectivity index (χ0v) is 12.2. The summed E-state index contributed by atoms with van der Waals surface area (Å²) in [5.74, 6) is -0.279. The molecule has 0 unspecified atom stereocenters. The molecule has 0 heterocycles. The fourth-order valence-corrected chi connectivity index (χ4v) is 2.26. The molecule has 0 fully saturated rings. The molecule has 0 amide bonds. The number of rotatable bonds is 6. The van der Waals surface area contributed by atoms with Gasteiger partial charge in [0, 0.05) is 12.5 Å². The highest BCUT2D eigenvalue weighted by Crippen LogP contribution is 2.24. The number of hydrogen-bond donors (Lipinski definition) is 2. The van der Waals surface area contributed by atoms with Crippen molar-refractivity contribution in [2.75, 3.05) is 0 Å². The second-order valence-electron chi connectivity index (χ2n) is 5.32. The van der Waals surface area contributed by atoms with Crippen molar-refractivity contribution in [3.8, 4) is 11.5 Å². The van der Waals surface area contributed by atoms with Crippen LogP contribution in [0, 0.1) is 6.92 Å². The quantitative estimate of drug-likeness (QED) is 0.622. The number of Topliss-reactive ketones (excluding diaryl/α,β-unsaturated/α-hetero) is 1. The van der Waals surface area contributed by atoms with E-state index in [0.717, 1.165) is 19.3 Å². The van der Waals surface area contributed by atoms with Crippen molar-refractivity contribution < 1.29 is 15.0 Å². The van der Waals surface area contributed by atoms with Gasteiger partial charge in [-0.05, 0) is 43.9 Å². The van der Waals surface area contributed by atoms with Crippen molar-refractivity contribution in [2.45, 2.75) is 32.6 Å². The number of carbonyl (C=O) groups is 1. The summed E-state index contributed by atoms with van der Waals surface area (Å²) in [6.07, 6.45) is 3.08. The molecule has 3 heteroatoms. The molecular weight excluding hydrogens is 264 g/mol. The van der Waals surface area contributed by atoms with Gasteiger partial charge in [0.05, 0.1) is 5.56 Å². The van der Waals surface area contributed by atoms with E-state index in [0.29, 0.717) is 6.42 Å². The zero-order valence-electron chi connectivity index (χ0n) is 12.2. The second kappa shape index (κ2) is 6.93. The molecule has 0 atom stereocenters. The normalized spacial score (nSPS) is 10.5. The maximum Gasteiger partial charge on any atom is 0.166 e. The molecule has 0 bridgehead atoms. The van der Waals surface area contributed by atoms with Gasteiger partial charge in [-0.2, -0.15) is 0 Å². The minimum Gasteiger partial charge on any atom is -0.508 e. The average molecular weight is 284 g/mol. The zero-order chi connectivity index (χ0) is 15.2. The summed E-state index contributed by atoms with van der Waals surface area (Å²) < 4.78 is 0. The molecule has 0 spiro atoms. The predicted octanol–water partition coefficient (Wildman–Crippen LogP) is 4.00. The van der Waals surface area contributed by atoms with Crippen molar-refractivity contribution >= 4 is 5.78 Å². The van der Waals surface area contributed by atoms with Crippen LogP contribution in [0.3, 0.4) is 0 Å². The highest BCUT2D eigenvalue weighted by Gasteiger charge is 2.11. The van der Waals surface area contributed by atoms with Crippen LogP contribution in [0.2, 0.25) is 0 Å². The van der Waals surface area contributed by atoms with E-state index >= 15 is 0 Å².